The number of amides is 2. The minimum atomic E-state index is -0.112. The molecule has 2 amide bonds. The predicted molar refractivity (Wildman–Crippen MR) is 92.6 cm³/mol. The maximum atomic E-state index is 12.4. The summed E-state index contributed by atoms with van der Waals surface area (Å²) < 4.78 is 1.89. The number of aryl methyl sites for hydroxylation is 2. The first-order chi connectivity index (χ1) is 10.8. The summed E-state index contributed by atoms with van der Waals surface area (Å²) in [5.41, 5.74) is 1.01. The van der Waals surface area contributed by atoms with Gasteiger partial charge >= 0.3 is 6.03 Å². The zero-order valence-corrected chi connectivity index (χ0v) is 15.4. The molecule has 0 radical (unpaired) electrons. The third kappa shape index (κ3) is 3.90. The van der Waals surface area contributed by atoms with Crippen molar-refractivity contribution >= 4 is 17.4 Å². The number of aromatic nitrogens is 3. The zero-order chi connectivity index (χ0) is 17.1. The van der Waals surface area contributed by atoms with Crippen LogP contribution in [0, 0.1) is 6.92 Å². The van der Waals surface area contributed by atoms with Gasteiger partial charge in [0.1, 0.15) is 5.82 Å². The first-order valence-corrected chi connectivity index (χ1v) is 8.57. The monoisotopic (exact) mass is 335 g/mol. The standard InChI is InChI=1S/C16H25N5OS/c1-10(2)15-19-11(3)14(23-15)12(4)21(6)16(22)18-9-13-17-7-8-20(13)5/h7-8,10,12H,9H2,1-6H3,(H,18,22)/t12-/m0/s1. The molecule has 0 aromatic carbocycles. The molecule has 1 atom stereocenters. The Labute approximate surface area is 141 Å². The average molecular weight is 335 g/mol. The van der Waals surface area contributed by atoms with E-state index in [0.717, 1.165) is 21.4 Å². The van der Waals surface area contributed by atoms with Gasteiger partial charge in [-0.2, -0.15) is 0 Å². The van der Waals surface area contributed by atoms with Crippen molar-refractivity contribution in [3.05, 3.63) is 33.8 Å². The highest BCUT2D eigenvalue weighted by atomic mass is 32.1. The van der Waals surface area contributed by atoms with Crippen LogP contribution in [0.1, 0.15) is 54.1 Å². The number of urea groups is 1. The molecule has 0 fully saturated rings. The molecule has 2 rings (SSSR count). The fourth-order valence-electron chi connectivity index (χ4n) is 2.26. The lowest BCUT2D eigenvalue weighted by molar-refractivity contribution is 0.194. The van der Waals surface area contributed by atoms with E-state index < -0.39 is 0 Å². The van der Waals surface area contributed by atoms with Gasteiger partial charge in [0, 0.05) is 37.3 Å². The van der Waals surface area contributed by atoms with Crippen LogP contribution in [-0.2, 0) is 13.6 Å². The summed E-state index contributed by atoms with van der Waals surface area (Å²) in [6.45, 7) is 8.73. The predicted octanol–water partition coefficient (Wildman–Crippen LogP) is 3.21. The fraction of sp³-hybridized carbons (Fsp3) is 0.562. The van der Waals surface area contributed by atoms with Gasteiger partial charge in [0.15, 0.2) is 0 Å². The molecule has 126 valence electrons. The smallest absolute Gasteiger partial charge is 0.318 e. The molecular formula is C16H25N5OS. The molecular weight excluding hydrogens is 310 g/mol. The maximum absolute atomic E-state index is 12.4. The average Bonchev–Trinajstić information content (AvgIpc) is 3.09. The molecule has 6 nitrogen and oxygen atoms in total. The van der Waals surface area contributed by atoms with Crippen LogP contribution in [0.5, 0.6) is 0 Å². The lowest BCUT2D eigenvalue weighted by atomic mass is 10.2. The second kappa shape index (κ2) is 7.12. The summed E-state index contributed by atoms with van der Waals surface area (Å²) in [7, 11) is 3.72. The SMILES string of the molecule is Cc1nc(C(C)C)sc1[C@H](C)N(C)C(=O)NCc1nccn1C. The van der Waals surface area contributed by atoms with Gasteiger partial charge in [-0.15, -0.1) is 11.3 Å². The van der Waals surface area contributed by atoms with Crippen molar-refractivity contribution in [2.75, 3.05) is 7.05 Å². The quantitative estimate of drug-likeness (QED) is 0.912. The summed E-state index contributed by atoms with van der Waals surface area (Å²) in [6.07, 6.45) is 3.59. The number of rotatable bonds is 5. The van der Waals surface area contributed by atoms with Gasteiger partial charge in [-0.05, 0) is 13.8 Å². The maximum Gasteiger partial charge on any atom is 0.318 e. The number of hydrogen-bond donors (Lipinski definition) is 1. The molecule has 0 bridgehead atoms. The van der Waals surface area contributed by atoms with Gasteiger partial charge in [-0.1, -0.05) is 13.8 Å². The Morgan fingerprint density at radius 2 is 2.13 bits per heavy atom. The summed E-state index contributed by atoms with van der Waals surface area (Å²) in [6, 6.07) is -0.124. The summed E-state index contributed by atoms with van der Waals surface area (Å²) in [5.74, 6) is 1.23. The number of nitrogens with zero attached hydrogens (tertiary/aromatic N) is 4. The first kappa shape index (κ1) is 17.5. The molecule has 0 saturated heterocycles. The van der Waals surface area contributed by atoms with Gasteiger partial charge in [-0.3, -0.25) is 0 Å². The Hall–Kier alpha value is -1.89. The lowest BCUT2D eigenvalue weighted by Crippen LogP contribution is -2.38. The summed E-state index contributed by atoms with van der Waals surface area (Å²) in [5, 5.41) is 4.03. The molecule has 1 N–H and O–H groups in total. The summed E-state index contributed by atoms with van der Waals surface area (Å²) in [4.78, 5) is 24.1. The van der Waals surface area contributed by atoms with Crippen molar-refractivity contribution in [2.45, 2.75) is 46.2 Å². The molecule has 0 saturated carbocycles. The minimum Gasteiger partial charge on any atom is -0.337 e. The van der Waals surface area contributed by atoms with E-state index in [1.807, 2.05) is 38.7 Å². The number of imidazole rings is 1. The third-order valence-corrected chi connectivity index (χ3v) is 5.57. The van der Waals surface area contributed by atoms with E-state index in [2.05, 4.69) is 29.1 Å². The van der Waals surface area contributed by atoms with Gasteiger partial charge in [-0.25, -0.2) is 14.8 Å². The van der Waals surface area contributed by atoms with Crippen LogP contribution >= 0.6 is 11.3 Å². The molecule has 0 aliphatic carbocycles. The number of nitrogens with one attached hydrogen (secondary N) is 1. The fourth-order valence-corrected chi connectivity index (χ4v) is 3.43. The van der Waals surface area contributed by atoms with Gasteiger partial charge in [0.25, 0.3) is 0 Å². The molecule has 2 aromatic rings. The van der Waals surface area contributed by atoms with Gasteiger partial charge in [0.2, 0.25) is 0 Å². The number of carbonyl (C=O) groups is 1. The third-order valence-electron chi connectivity index (χ3n) is 3.94. The molecule has 2 aromatic heterocycles. The Morgan fingerprint density at radius 3 is 2.65 bits per heavy atom. The van der Waals surface area contributed by atoms with Crippen molar-refractivity contribution in [1.29, 1.82) is 0 Å². The van der Waals surface area contributed by atoms with Crippen LogP contribution in [0.3, 0.4) is 0 Å². The largest absolute Gasteiger partial charge is 0.337 e. The number of hydrogen-bond acceptors (Lipinski definition) is 4. The zero-order valence-electron chi connectivity index (χ0n) is 14.6. The van der Waals surface area contributed by atoms with Gasteiger partial charge < -0.3 is 14.8 Å². The van der Waals surface area contributed by atoms with Crippen molar-refractivity contribution in [2.24, 2.45) is 7.05 Å². The second-order valence-electron chi connectivity index (χ2n) is 6.06. The molecule has 0 aliphatic rings. The molecule has 0 spiro atoms. The normalized spacial score (nSPS) is 12.5. The van der Waals surface area contributed by atoms with Crippen molar-refractivity contribution in [3.63, 3.8) is 0 Å². The highest BCUT2D eigenvalue weighted by Crippen LogP contribution is 2.31. The van der Waals surface area contributed by atoms with Crippen molar-refractivity contribution in [1.82, 2.24) is 24.8 Å². The van der Waals surface area contributed by atoms with Crippen LogP contribution in [-0.4, -0.2) is 32.5 Å². The van der Waals surface area contributed by atoms with E-state index in [-0.39, 0.29) is 12.1 Å². The lowest BCUT2D eigenvalue weighted by Gasteiger charge is -2.24. The van der Waals surface area contributed by atoms with Crippen molar-refractivity contribution < 1.29 is 4.79 Å². The van der Waals surface area contributed by atoms with Gasteiger partial charge in [0.05, 0.1) is 23.3 Å². The molecule has 7 heteroatoms. The molecule has 23 heavy (non-hydrogen) atoms. The Kier molecular flexibility index (Phi) is 5.41. The van der Waals surface area contributed by atoms with Crippen LogP contribution in [0.15, 0.2) is 12.4 Å². The van der Waals surface area contributed by atoms with E-state index in [0.29, 0.717) is 12.5 Å². The Bertz CT molecular complexity index is 676. The Morgan fingerprint density at radius 1 is 1.43 bits per heavy atom. The van der Waals surface area contributed by atoms with Crippen molar-refractivity contribution in [3.8, 4) is 0 Å². The number of thiazole rings is 1. The summed E-state index contributed by atoms with van der Waals surface area (Å²) >= 11 is 1.69. The Balaban J connectivity index is 2.02. The highest BCUT2D eigenvalue weighted by molar-refractivity contribution is 7.11. The van der Waals surface area contributed by atoms with Crippen LogP contribution in [0.4, 0.5) is 4.79 Å². The van der Waals surface area contributed by atoms with E-state index in [1.54, 1.807) is 22.4 Å². The first-order valence-electron chi connectivity index (χ1n) is 7.75. The molecule has 2 heterocycles. The minimum absolute atomic E-state index is 0.0126. The van der Waals surface area contributed by atoms with E-state index >= 15 is 0 Å². The van der Waals surface area contributed by atoms with E-state index in [9.17, 15) is 4.79 Å². The van der Waals surface area contributed by atoms with E-state index in [4.69, 9.17) is 0 Å². The molecule has 0 unspecified atom stereocenters. The van der Waals surface area contributed by atoms with E-state index in [1.165, 1.54) is 0 Å². The highest BCUT2D eigenvalue weighted by Gasteiger charge is 2.22. The van der Waals surface area contributed by atoms with Crippen LogP contribution in [0.25, 0.3) is 0 Å². The second-order valence-corrected chi connectivity index (χ2v) is 7.12. The topological polar surface area (TPSA) is 63.1 Å². The van der Waals surface area contributed by atoms with Crippen LogP contribution < -0.4 is 5.32 Å². The number of carbonyl (C=O) groups excluding carboxylic acids is 1. The van der Waals surface area contributed by atoms with Crippen LogP contribution in [0.2, 0.25) is 0 Å². The molecule has 0 aliphatic heterocycles.